The fourth-order valence-corrected chi connectivity index (χ4v) is 2.10. The van der Waals surface area contributed by atoms with Gasteiger partial charge in [-0.2, -0.15) is 0 Å². The zero-order valence-electron chi connectivity index (χ0n) is 11.3. The number of ether oxygens (including phenoxy) is 2. The number of piperidine rings is 1. The summed E-state index contributed by atoms with van der Waals surface area (Å²) in [5.41, 5.74) is 0.667. The van der Waals surface area contributed by atoms with Gasteiger partial charge in [0.05, 0.1) is 7.11 Å². The molecule has 2 unspecified atom stereocenters. The first-order valence-corrected chi connectivity index (χ1v) is 6.51. The summed E-state index contributed by atoms with van der Waals surface area (Å²) < 4.78 is 10.5. The zero-order chi connectivity index (χ0) is 13.7. The van der Waals surface area contributed by atoms with Gasteiger partial charge in [-0.1, -0.05) is 13.0 Å². The van der Waals surface area contributed by atoms with Crippen LogP contribution in [0.25, 0.3) is 0 Å². The number of rotatable bonds is 3. The van der Waals surface area contributed by atoms with Crippen LogP contribution in [-0.2, 0) is 4.74 Å². The normalized spacial score (nSPS) is 22.6. The number of hydrogen-bond donors (Lipinski definition) is 2. The second-order valence-corrected chi connectivity index (χ2v) is 4.77. The number of carbonyl (C=O) groups excluding carboxylic acids is 1. The van der Waals surface area contributed by atoms with Gasteiger partial charge in [-0.25, -0.2) is 4.79 Å². The van der Waals surface area contributed by atoms with Crippen molar-refractivity contribution in [1.82, 2.24) is 5.32 Å². The van der Waals surface area contributed by atoms with E-state index in [2.05, 4.69) is 17.6 Å². The third-order valence-electron chi connectivity index (χ3n) is 3.33. The number of amides is 1. The van der Waals surface area contributed by atoms with Crippen LogP contribution in [0.5, 0.6) is 5.75 Å². The Kier molecular flexibility index (Phi) is 4.63. The van der Waals surface area contributed by atoms with Gasteiger partial charge in [-0.15, -0.1) is 0 Å². The van der Waals surface area contributed by atoms with Crippen molar-refractivity contribution >= 4 is 11.8 Å². The van der Waals surface area contributed by atoms with E-state index in [1.807, 2.05) is 12.1 Å². The number of nitrogens with one attached hydrogen (secondary N) is 2. The van der Waals surface area contributed by atoms with Gasteiger partial charge in [0.25, 0.3) is 0 Å². The lowest BCUT2D eigenvalue weighted by atomic mass is 9.97. The van der Waals surface area contributed by atoms with Crippen LogP contribution in [0.15, 0.2) is 24.3 Å². The minimum absolute atomic E-state index is 0.0700. The average Bonchev–Trinajstić information content (AvgIpc) is 2.41. The molecule has 104 valence electrons. The van der Waals surface area contributed by atoms with Crippen molar-refractivity contribution in [1.29, 1.82) is 0 Å². The highest BCUT2D eigenvalue weighted by Gasteiger charge is 2.24. The van der Waals surface area contributed by atoms with Crippen molar-refractivity contribution in [3.8, 4) is 5.75 Å². The van der Waals surface area contributed by atoms with Crippen molar-refractivity contribution in [2.45, 2.75) is 19.4 Å². The van der Waals surface area contributed by atoms with Crippen LogP contribution < -0.4 is 15.4 Å². The maximum absolute atomic E-state index is 11.8. The fraction of sp³-hybridized carbons (Fsp3) is 0.500. The first kappa shape index (κ1) is 13.7. The van der Waals surface area contributed by atoms with Gasteiger partial charge in [0, 0.05) is 18.3 Å². The zero-order valence-corrected chi connectivity index (χ0v) is 11.3. The molecule has 2 rings (SSSR count). The molecular weight excluding hydrogens is 244 g/mol. The molecule has 1 fully saturated rings. The summed E-state index contributed by atoms with van der Waals surface area (Å²) in [6, 6.07) is 7.19. The highest BCUT2D eigenvalue weighted by molar-refractivity contribution is 5.85. The molecule has 1 saturated heterocycles. The lowest BCUT2D eigenvalue weighted by Gasteiger charge is -2.29. The summed E-state index contributed by atoms with van der Waals surface area (Å²) >= 11 is 0. The number of hydrogen-bond acceptors (Lipinski definition) is 4. The second kappa shape index (κ2) is 6.43. The third-order valence-corrected chi connectivity index (χ3v) is 3.33. The Hall–Kier alpha value is -1.75. The van der Waals surface area contributed by atoms with E-state index in [0.29, 0.717) is 23.9 Å². The van der Waals surface area contributed by atoms with Gasteiger partial charge in [-0.05, 0) is 31.0 Å². The summed E-state index contributed by atoms with van der Waals surface area (Å²) in [5.74, 6) is 1.09. The van der Waals surface area contributed by atoms with Crippen LogP contribution in [0.3, 0.4) is 0 Å². The topological polar surface area (TPSA) is 59.6 Å². The summed E-state index contributed by atoms with van der Waals surface area (Å²) in [6.07, 6.45) is 0.532. The SMILES string of the molecule is COc1cccc(NC(=O)OC2CNCCC2C)c1. The molecule has 19 heavy (non-hydrogen) atoms. The van der Waals surface area contributed by atoms with Gasteiger partial charge in [0.2, 0.25) is 0 Å². The predicted octanol–water partition coefficient (Wildman–Crippen LogP) is 2.24. The first-order chi connectivity index (χ1) is 9.19. The van der Waals surface area contributed by atoms with E-state index in [4.69, 9.17) is 9.47 Å². The third kappa shape index (κ3) is 3.86. The number of methoxy groups -OCH3 is 1. The molecule has 1 heterocycles. The standard InChI is InChI=1S/C14H20N2O3/c1-10-6-7-15-9-13(10)19-14(17)16-11-4-3-5-12(8-11)18-2/h3-5,8,10,13,15H,6-7,9H2,1-2H3,(H,16,17). The van der Waals surface area contributed by atoms with Crippen LogP contribution in [0.4, 0.5) is 10.5 Å². The molecule has 0 saturated carbocycles. The van der Waals surface area contributed by atoms with Gasteiger partial charge in [0.1, 0.15) is 11.9 Å². The molecule has 0 spiro atoms. The highest BCUT2D eigenvalue weighted by atomic mass is 16.6. The monoisotopic (exact) mass is 264 g/mol. The smallest absolute Gasteiger partial charge is 0.411 e. The van der Waals surface area contributed by atoms with E-state index in [1.165, 1.54) is 0 Å². The first-order valence-electron chi connectivity index (χ1n) is 6.51. The molecule has 2 N–H and O–H groups in total. The molecule has 2 atom stereocenters. The maximum atomic E-state index is 11.8. The average molecular weight is 264 g/mol. The highest BCUT2D eigenvalue weighted by Crippen LogP contribution is 2.18. The van der Waals surface area contributed by atoms with E-state index >= 15 is 0 Å². The molecule has 0 radical (unpaired) electrons. The Morgan fingerprint density at radius 1 is 1.47 bits per heavy atom. The summed E-state index contributed by atoms with van der Waals surface area (Å²) in [5, 5.41) is 5.94. The minimum atomic E-state index is -0.422. The molecule has 1 aliphatic heterocycles. The van der Waals surface area contributed by atoms with Gasteiger partial charge >= 0.3 is 6.09 Å². The van der Waals surface area contributed by atoms with Crippen molar-refractivity contribution in [2.24, 2.45) is 5.92 Å². The molecule has 0 aliphatic carbocycles. The molecule has 0 aromatic heterocycles. The van der Waals surface area contributed by atoms with Crippen molar-refractivity contribution in [3.05, 3.63) is 24.3 Å². The van der Waals surface area contributed by atoms with E-state index < -0.39 is 6.09 Å². The Morgan fingerprint density at radius 3 is 3.05 bits per heavy atom. The van der Waals surface area contributed by atoms with Crippen LogP contribution in [0.2, 0.25) is 0 Å². The quantitative estimate of drug-likeness (QED) is 0.879. The molecule has 0 bridgehead atoms. The minimum Gasteiger partial charge on any atom is -0.497 e. The van der Waals surface area contributed by atoms with E-state index in [-0.39, 0.29) is 6.10 Å². The summed E-state index contributed by atoms with van der Waals surface area (Å²) in [4.78, 5) is 11.8. The molecule has 1 aromatic rings. The maximum Gasteiger partial charge on any atom is 0.411 e. The van der Waals surface area contributed by atoms with Crippen molar-refractivity contribution < 1.29 is 14.3 Å². The van der Waals surface area contributed by atoms with Gasteiger partial charge in [0.15, 0.2) is 0 Å². The Bertz CT molecular complexity index is 436. The predicted molar refractivity (Wildman–Crippen MR) is 73.5 cm³/mol. The molecule has 1 aliphatic rings. The largest absolute Gasteiger partial charge is 0.497 e. The number of carbonyl (C=O) groups is 1. The van der Waals surface area contributed by atoms with Crippen molar-refractivity contribution in [2.75, 3.05) is 25.5 Å². The lowest BCUT2D eigenvalue weighted by molar-refractivity contribution is 0.0614. The number of anilines is 1. The Morgan fingerprint density at radius 2 is 2.32 bits per heavy atom. The van der Waals surface area contributed by atoms with Crippen LogP contribution in [-0.4, -0.2) is 32.4 Å². The molecule has 5 nitrogen and oxygen atoms in total. The van der Waals surface area contributed by atoms with E-state index in [0.717, 1.165) is 13.0 Å². The van der Waals surface area contributed by atoms with Crippen molar-refractivity contribution in [3.63, 3.8) is 0 Å². The van der Waals surface area contributed by atoms with Gasteiger partial charge < -0.3 is 14.8 Å². The van der Waals surface area contributed by atoms with Crippen LogP contribution >= 0.6 is 0 Å². The Labute approximate surface area is 113 Å². The molecule has 5 heteroatoms. The van der Waals surface area contributed by atoms with E-state index in [1.54, 1.807) is 19.2 Å². The number of benzene rings is 1. The summed E-state index contributed by atoms with van der Waals surface area (Å²) in [6.45, 7) is 3.80. The Balaban J connectivity index is 1.89. The van der Waals surface area contributed by atoms with E-state index in [9.17, 15) is 4.79 Å². The molecule has 1 amide bonds. The molecular formula is C14H20N2O3. The molecule has 1 aromatic carbocycles. The second-order valence-electron chi connectivity index (χ2n) is 4.77. The van der Waals surface area contributed by atoms with Crippen LogP contribution in [0.1, 0.15) is 13.3 Å². The van der Waals surface area contributed by atoms with Crippen LogP contribution in [0, 0.1) is 5.92 Å². The summed E-state index contributed by atoms with van der Waals surface area (Å²) in [7, 11) is 1.59. The van der Waals surface area contributed by atoms with Gasteiger partial charge in [-0.3, -0.25) is 5.32 Å². The lowest BCUT2D eigenvalue weighted by Crippen LogP contribution is -2.42. The fourth-order valence-electron chi connectivity index (χ4n) is 2.10.